The number of hydrogen-bond acceptors (Lipinski definition) is 5. The number of likely N-dealkylation sites (tertiary alicyclic amines) is 1. The second-order valence-electron chi connectivity index (χ2n) is 7.65. The summed E-state index contributed by atoms with van der Waals surface area (Å²) in [5, 5.41) is 6.54. The van der Waals surface area contributed by atoms with Crippen LogP contribution in [0.4, 0.5) is 0 Å². The molecule has 5 rings (SSSR count). The Balaban J connectivity index is 1.31. The monoisotopic (exact) mass is 407 g/mol. The molecule has 0 radical (unpaired) electrons. The lowest BCUT2D eigenvalue weighted by Crippen LogP contribution is -2.56. The predicted molar refractivity (Wildman–Crippen MR) is 111 cm³/mol. The molecule has 1 aliphatic heterocycles. The lowest BCUT2D eigenvalue weighted by atomic mass is 9.92. The van der Waals surface area contributed by atoms with E-state index in [4.69, 9.17) is 4.74 Å². The standard InChI is InChI=1S/C22H21N3O3S/c1-28-17-6-4-15(5-7-17)22(10-11-22)21(27)24-13-16(14-24)25-20(26)9-8-18(23-25)19-3-2-12-29-19/h2-9,12,16H,10-11,13-14H2,1H3. The van der Waals surface area contributed by atoms with E-state index in [1.54, 1.807) is 30.6 Å². The highest BCUT2D eigenvalue weighted by atomic mass is 32.1. The molecule has 1 saturated heterocycles. The number of nitrogens with zero attached hydrogens (tertiary/aromatic N) is 3. The highest BCUT2D eigenvalue weighted by Crippen LogP contribution is 2.50. The second kappa shape index (κ2) is 6.84. The van der Waals surface area contributed by atoms with Crippen LogP contribution in [0.2, 0.25) is 0 Å². The summed E-state index contributed by atoms with van der Waals surface area (Å²) in [6, 6.07) is 15.0. The molecule has 2 aliphatic rings. The minimum atomic E-state index is -0.408. The molecule has 2 aromatic heterocycles. The van der Waals surface area contributed by atoms with Gasteiger partial charge in [0.25, 0.3) is 5.56 Å². The van der Waals surface area contributed by atoms with Gasteiger partial charge in [-0.3, -0.25) is 9.59 Å². The zero-order chi connectivity index (χ0) is 20.0. The van der Waals surface area contributed by atoms with Crippen LogP contribution in [0.15, 0.2) is 58.7 Å². The van der Waals surface area contributed by atoms with Gasteiger partial charge in [0.1, 0.15) is 11.4 Å². The molecule has 0 spiro atoms. The van der Waals surface area contributed by atoms with Crippen molar-refractivity contribution in [3.05, 3.63) is 69.8 Å². The Morgan fingerprint density at radius 1 is 1.14 bits per heavy atom. The van der Waals surface area contributed by atoms with E-state index in [0.29, 0.717) is 13.1 Å². The van der Waals surface area contributed by atoms with E-state index in [1.165, 1.54) is 4.68 Å². The molecule has 0 atom stereocenters. The summed E-state index contributed by atoms with van der Waals surface area (Å²) in [6.45, 7) is 1.05. The van der Waals surface area contributed by atoms with Crippen molar-refractivity contribution in [2.24, 2.45) is 0 Å². The minimum Gasteiger partial charge on any atom is -0.497 e. The zero-order valence-electron chi connectivity index (χ0n) is 16.1. The molecule has 1 saturated carbocycles. The first-order valence-electron chi connectivity index (χ1n) is 9.68. The number of methoxy groups -OCH3 is 1. The number of ether oxygens (including phenoxy) is 1. The fourth-order valence-electron chi connectivity index (χ4n) is 3.98. The van der Waals surface area contributed by atoms with Crippen LogP contribution in [0.25, 0.3) is 10.6 Å². The molecule has 6 nitrogen and oxygen atoms in total. The Labute approximate surface area is 172 Å². The second-order valence-corrected chi connectivity index (χ2v) is 8.60. The van der Waals surface area contributed by atoms with Crippen molar-refractivity contribution >= 4 is 17.2 Å². The maximum atomic E-state index is 13.2. The van der Waals surface area contributed by atoms with Gasteiger partial charge in [-0.25, -0.2) is 4.68 Å². The van der Waals surface area contributed by atoms with Crippen molar-refractivity contribution in [2.45, 2.75) is 24.3 Å². The molecule has 0 N–H and O–H groups in total. The summed E-state index contributed by atoms with van der Waals surface area (Å²) in [5.41, 5.74) is 1.30. The van der Waals surface area contributed by atoms with Crippen molar-refractivity contribution < 1.29 is 9.53 Å². The van der Waals surface area contributed by atoms with Crippen LogP contribution in [0.3, 0.4) is 0 Å². The minimum absolute atomic E-state index is 0.0713. The number of aromatic nitrogens is 2. The third-order valence-electron chi connectivity index (χ3n) is 5.90. The number of carbonyl (C=O) groups excluding carboxylic acids is 1. The van der Waals surface area contributed by atoms with Gasteiger partial charge >= 0.3 is 0 Å². The van der Waals surface area contributed by atoms with E-state index in [0.717, 1.165) is 34.7 Å². The van der Waals surface area contributed by atoms with Gasteiger partial charge in [-0.15, -0.1) is 11.3 Å². The topological polar surface area (TPSA) is 64.4 Å². The molecule has 0 unspecified atom stereocenters. The Kier molecular flexibility index (Phi) is 4.28. The molecule has 3 aromatic rings. The summed E-state index contributed by atoms with van der Waals surface area (Å²) in [6.07, 6.45) is 1.73. The summed E-state index contributed by atoms with van der Waals surface area (Å²) in [7, 11) is 1.64. The van der Waals surface area contributed by atoms with E-state index in [2.05, 4.69) is 5.10 Å². The van der Waals surface area contributed by atoms with Crippen LogP contribution in [0.5, 0.6) is 5.75 Å². The maximum Gasteiger partial charge on any atom is 0.267 e. The lowest BCUT2D eigenvalue weighted by molar-refractivity contribution is -0.140. The highest BCUT2D eigenvalue weighted by Gasteiger charge is 2.54. The van der Waals surface area contributed by atoms with Gasteiger partial charge in [0, 0.05) is 19.2 Å². The quantitative estimate of drug-likeness (QED) is 0.652. The molecule has 1 aromatic carbocycles. The smallest absolute Gasteiger partial charge is 0.267 e. The zero-order valence-corrected chi connectivity index (χ0v) is 16.9. The predicted octanol–water partition coefficient (Wildman–Crippen LogP) is 3.10. The highest BCUT2D eigenvalue weighted by molar-refractivity contribution is 7.13. The average molecular weight is 407 g/mol. The molecule has 148 valence electrons. The van der Waals surface area contributed by atoms with Gasteiger partial charge in [0.2, 0.25) is 5.91 Å². The molecular weight excluding hydrogens is 386 g/mol. The van der Waals surface area contributed by atoms with Crippen molar-refractivity contribution in [3.63, 3.8) is 0 Å². The van der Waals surface area contributed by atoms with Gasteiger partial charge < -0.3 is 9.64 Å². The third kappa shape index (κ3) is 3.06. The van der Waals surface area contributed by atoms with Gasteiger partial charge in [-0.2, -0.15) is 5.10 Å². The van der Waals surface area contributed by atoms with Crippen molar-refractivity contribution in [1.29, 1.82) is 0 Å². The van der Waals surface area contributed by atoms with Crippen LogP contribution >= 0.6 is 11.3 Å². The van der Waals surface area contributed by atoms with Crippen LogP contribution in [-0.4, -0.2) is 40.8 Å². The first kappa shape index (κ1) is 18.1. The summed E-state index contributed by atoms with van der Waals surface area (Å²) in [4.78, 5) is 28.4. The van der Waals surface area contributed by atoms with Gasteiger partial charge in [0.05, 0.1) is 23.4 Å². The average Bonchev–Trinajstić information content (AvgIpc) is 3.35. The van der Waals surface area contributed by atoms with Crippen molar-refractivity contribution in [2.75, 3.05) is 20.2 Å². The van der Waals surface area contributed by atoms with Gasteiger partial charge in [0.15, 0.2) is 0 Å². The van der Waals surface area contributed by atoms with Crippen LogP contribution < -0.4 is 10.3 Å². The Hall–Kier alpha value is -2.93. The van der Waals surface area contributed by atoms with E-state index >= 15 is 0 Å². The number of thiophene rings is 1. The molecule has 7 heteroatoms. The summed E-state index contributed by atoms with van der Waals surface area (Å²) >= 11 is 1.59. The van der Waals surface area contributed by atoms with Crippen molar-refractivity contribution in [1.82, 2.24) is 14.7 Å². The summed E-state index contributed by atoms with van der Waals surface area (Å²) < 4.78 is 6.75. The molecule has 1 aliphatic carbocycles. The van der Waals surface area contributed by atoms with Gasteiger partial charge in [-0.1, -0.05) is 18.2 Å². The Morgan fingerprint density at radius 3 is 2.52 bits per heavy atom. The van der Waals surface area contributed by atoms with E-state index < -0.39 is 5.41 Å². The summed E-state index contributed by atoms with van der Waals surface area (Å²) in [5.74, 6) is 0.943. The molecule has 29 heavy (non-hydrogen) atoms. The number of amides is 1. The molecule has 3 heterocycles. The fourth-order valence-corrected chi connectivity index (χ4v) is 4.67. The molecule has 2 fully saturated rings. The first-order chi connectivity index (χ1) is 14.1. The van der Waals surface area contributed by atoms with E-state index in [1.807, 2.05) is 46.7 Å². The third-order valence-corrected chi connectivity index (χ3v) is 6.79. The van der Waals surface area contributed by atoms with Crippen LogP contribution in [-0.2, 0) is 10.2 Å². The Bertz CT molecular complexity index is 1100. The van der Waals surface area contributed by atoms with Crippen molar-refractivity contribution in [3.8, 4) is 16.3 Å². The van der Waals surface area contributed by atoms with Crippen LogP contribution in [0, 0.1) is 0 Å². The maximum absolute atomic E-state index is 13.2. The number of hydrogen-bond donors (Lipinski definition) is 0. The fraction of sp³-hybridized carbons (Fsp3) is 0.318. The number of rotatable bonds is 5. The molecule has 1 amide bonds. The molecule has 0 bridgehead atoms. The normalized spacial score (nSPS) is 17.6. The Morgan fingerprint density at radius 2 is 1.90 bits per heavy atom. The van der Waals surface area contributed by atoms with Gasteiger partial charge in [-0.05, 0) is 48.1 Å². The molecular formula is C22H21N3O3S. The number of carbonyl (C=O) groups is 1. The SMILES string of the molecule is COc1ccc(C2(C(=O)N3CC(n4nc(-c5cccs5)ccc4=O)C3)CC2)cc1. The van der Waals surface area contributed by atoms with E-state index in [9.17, 15) is 9.59 Å². The van der Waals surface area contributed by atoms with Crippen LogP contribution in [0.1, 0.15) is 24.4 Å². The largest absolute Gasteiger partial charge is 0.497 e. The number of benzene rings is 1. The van der Waals surface area contributed by atoms with E-state index in [-0.39, 0.29) is 17.5 Å². The lowest BCUT2D eigenvalue weighted by Gasteiger charge is -2.41. The first-order valence-corrected chi connectivity index (χ1v) is 10.6.